The monoisotopic (exact) mass is 787 g/mol. The number of hydrogen-bond donors (Lipinski definition) is 6. The van der Waals surface area contributed by atoms with E-state index in [0.717, 1.165) is 47.1 Å². The first kappa shape index (κ1) is 37.0. The van der Waals surface area contributed by atoms with Crippen molar-refractivity contribution in [2.45, 2.75) is 19.6 Å². The lowest BCUT2D eigenvalue weighted by atomic mass is 10.1. The molecule has 0 amide bonds. The predicted molar refractivity (Wildman–Crippen MR) is 187 cm³/mol. The lowest BCUT2D eigenvalue weighted by molar-refractivity contribution is -0.432. The molecule has 0 saturated heterocycles. The SMILES string of the molecule is Nc1ccc2c(O)c(/N=N/c3ccc(/N=N/c4ccc5cc(SOOO)ccc5c4)c4ccc(S(=O)(=O)O)cc34)c(SOOO)cc2c1S(=O)(=O)O. The molecule has 6 aromatic carbocycles. The molecular weight excluding hydrogens is 767 g/mol. The Morgan fingerprint density at radius 3 is 1.98 bits per heavy atom. The number of aromatic hydroxyl groups is 1. The van der Waals surface area contributed by atoms with Crippen molar-refractivity contribution >= 4 is 105 Å². The van der Waals surface area contributed by atoms with Crippen molar-refractivity contribution < 1.29 is 60.3 Å². The molecule has 52 heavy (non-hydrogen) atoms. The third-order valence-corrected chi connectivity index (χ3v) is 10.4. The highest BCUT2D eigenvalue weighted by molar-refractivity contribution is 7.95. The van der Waals surface area contributed by atoms with Crippen LogP contribution >= 0.6 is 24.1 Å². The van der Waals surface area contributed by atoms with Gasteiger partial charge >= 0.3 is 0 Å². The minimum absolute atomic E-state index is 0.0279. The molecule has 0 aliphatic heterocycles. The summed E-state index contributed by atoms with van der Waals surface area (Å²) in [6.45, 7) is 0. The molecule has 0 saturated carbocycles. The van der Waals surface area contributed by atoms with E-state index in [-0.39, 0.29) is 43.8 Å². The number of nitrogens with two attached hydrogens (primary N) is 1. The third-order valence-electron chi connectivity index (χ3n) is 7.35. The van der Waals surface area contributed by atoms with Crippen molar-refractivity contribution in [3.8, 4) is 5.75 Å². The number of benzene rings is 6. The van der Waals surface area contributed by atoms with E-state index in [1.54, 1.807) is 36.4 Å². The first-order chi connectivity index (χ1) is 24.8. The number of fused-ring (bicyclic) bond motifs is 3. The van der Waals surface area contributed by atoms with Gasteiger partial charge < -0.3 is 10.8 Å². The van der Waals surface area contributed by atoms with Crippen LogP contribution in [0.4, 0.5) is 28.4 Å². The molecule has 6 rings (SSSR count). The Hall–Kier alpha value is -4.82. The Bertz CT molecular complexity index is 2660. The van der Waals surface area contributed by atoms with Crippen LogP contribution in [-0.4, -0.2) is 41.6 Å². The topological polar surface area (TPSA) is 282 Å². The van der Waals surface area contributed by atoms with Gasteiger partial charge in [-0.2, -0.15) is 21.9 Å². The van der Waals surface area contributed by atoms with Gasteiger partial charge in [0.05, 0.1) is 56.6 Å². The molecule has 0 fully saturated rings. The molecule has 7 N–H and O–H groups in total. The second-order valence-corrected chi connectivity index (χ2v) is 14.8. The summed E-state index contributed by atoms with van der Waals surface area (Å²) in [5.74, 6) is -0.638. The molecule has 0 aromatic heterocycles. The first-order valence-corrected chi connectivity index (χ1v) is 18.4. The molecule has 0 atom stereocenters. The van der Waals surface area contributed by atoms with Crippen LogP contribution in [0.15, 0.2) is 125 Å². The molecular formula is C30H21N5O13S4. The molecule has 6 aromatic rings. The highest BCUT2D eigenvalue weighted by Crippen LogP contribution is 2.47. The van der Waals surface area contributed by atoms with Gasteiger partial charge in [-0.05, 0) is 77.5 Å². The molecule has 0 spiro atoms. The summed E-state index contributed by atoms with van der Waals surface area (Å²) in [6, 6.07) is 20.7. The summed E-state index contributed by atoms with van der Waals surface area (Å²) in [4.78, 5) is -0.675. The Morgan fingerprint density at radius 1 is 0.615 bits per heavy atom. The fourth-order valence-electron chi connectivity index (χ4n) is 5.14. The number of rotatable bonds is 12. The summed E-state index contributed by atoms with van der Waals surface area (Å²) in [5, 5.41) is 54.4. The maximum atomic E-state index is 12.1. The van der Waals surface area contributed by atoms with Crippen molar-refractivity contribution in [3.05, 3.63) is 84.9 Å². The number of phenolic OH excluding ortho intramolecular Hbond substituents is 1. The molecule has 22 heteroatoms. The third kappa shape index (κ3) is 7.82. The number of phenols is 1. The average molecular weight is 788 g/mol. The molecule has 0 unspecified atom stereocenters. The minimum atomic E-state index is -4.89. The number of hydrogen-bond acceptors (Lipinski definition) is 18. The van der Waals surface area contributed by atoms with Gasteiger partial charge in [0.15, 0.2) is 5.75 Å². The van der Waals surface area contributed by atoms with Gasteiger partial charge in [0.2, 0.25) is 0 Å². The van der Waals surface area contributed by atoms with Crippen LogP contribution in [0.3, 0.4) is 0 Å². The standard InChI is InChI=1S/C30H21N5O13S4/c31-24-8-7-21-23(30(24)52(42,43)44)14-27(50-48-46-38)28(29(21)36)35-34-26-10-9-25(20-6-5-19(13-22(20)26)51(39,40)41)33-32-17-3-1-16-12-18(49-47-45-37)4-2-15(16)11-17/h1-14,36-38H,31H2,(H,39,40,41)(H,42,43,44)/b33-32+,35-34+. The average Bonchev–Trinajstić information content (AvgIpc) is 3.10. The largest absolute Gasteiger partial charge is 0.505 e. The van der Waals surface area contributed by atoms with Crippen LogP contribution < -0.4 is 5.73 Å². The van der Waals surface area contributed by atoms with Crippen LogP contribution in [0.1, 0.15) is 0 Å². The van der Waals surface area contributed by atoms with E-state index < -0.39 is 35.8 Å². The van der Waals surface area contributed by atoms with E-state index in [0.29, 0.717) is 28.0 Å². The fourth-order valence-corrected chi connectivity index (χ4v) is 7.35. The maximum absolute atomic E-state index is 12.1. The number of nitrogen functional groups attached to an aromatic ring is 1. The van der Waals surface area contributed by atoms with Crippen molar-refractivity contribution in [1.82, 2.24) is 0 Å². The number of nitrogens with zero attached hydrogens (tertiary/aromatic N) is 4. The molecule has 0 radical (unpaired) electrons. The molecule has 0 aliphatic carbocycles. The molecule has 268 valence electrons. The Balaban J connectivity index is 1.44. The molecule has 0 aliphatic rings. The Morgan fingerprint density at radius 2 is 1.27 bits per heavy atom. The smallest absolute Gasteiger partial charge is 0.297 e. The van der Waals surface area contributed by atoms with Gasteiger partial charge in [-0.25, -0.2) is 10.5 Å². The fraction of sp³-hybridized carbons (Fsp3) is 0. The van der Waals surface area contributed by atoms with Crippen molar-refractivity contribution in [2.24, 2.45) is 20.5 Å². The number of azo groups is 2. The second kappa shape index (κ2) is 15.0. The van der Waals surface area contributed by atoms with Crippen molar-refractivity contribution in [1.29, 1.82) is 0 Å². The van der Waals surface area contributed by atoms with E-state index in [9.17, 15) is 31.0 Å². The highest BCUT2D eigenvalue weighted by Gasteiger charge is 2.24. The number of anilines is 1. The minimum Gasteiger partial charge on any atom is -0.505 e. The Kier molecular flexibility index (Phi) is 10.7. The van der Waals surface area contributed by atoms with Crippen LogP contribution in [0.25, 0.3) is 32.3 Å². The van der Waals surface area contributed by atoms with E-state index >= 15 is 0 Å². The summed E-state index contributed by atoms with van der Waals surface area (Å²) in [7, 11) is -9.56. The zero-order valence-electron chi connectivity index (χ0n) is 25.6. The van der Waals surface area contributed by atoms with Gasteiger partial charge in [0.25, 0.3) is 20.2 Å². The second-order valence-electron chi connectivity index (χ2n) is 10.5. The summed E-state index contributed by atoms with van der Waals surface area (Å²) < 4.78 is 76.9. The van der Waals surface area contributed by atoms with E-state index in [4.69, 9.17) is 16.2 Å². The van der Waals surface area contributed by atoms with Gasteiger partial charge in [-0.1, -0.05) is 28.3 Å². The van der Waals surface area contributed by atoms with E-state index in [2.05, 4.69) is 39.2 Å². The van der Waals surface area contributed by atoms with E-state index in [1.807, 2.05) is 0 Å². The van der Waals surface area contributed by atoms with Crippen LogP contribution in [0.5, 0.6) is 5.75 Å². The Labute approximate surface area is 300 Å². The van der Waals surface area contributed by atoms with E-state index in [1.165, 1.54) is 24.3 Å². The summed E-state index contributed by atoms with van der Waals surface area (Å²) in [5.41, 5.74) is 5.92. The maximum Gasteiger partial charge on any atom is 0.297 e. The van der Waals surface area contributed by atoms with Crippen LogP contribution in [0.2, 0.25) is 0 Å². The van der Waals surface area contributed by atoms with Gasteiger partial charge in [0, 0.05) is 26.4 Å². The highest BCUT2D eigenvalue weighted by atomic mass is 32.2. The summed E-state index contributed by atoms with van der Waals surface area (Å²) in [6.07, 6.45) is 0. The zero-order chi connectivity index (χ0) is 37.2. The van der Waals surface area contributed by atoms with Crippen LogP contribution in [0, 0.1) is 0 Å². The normalized spacial score (nSPS) is 12.6. The first-order valence-electron chi connectivity index (χ1n) is 14.0. The van der Waals surface area contributed by atoms with Gasteiger partial charge in [-0.15, -0.1) is 24.0 Å². The lowest BCUT2D eigenvalue weighted by Gasteiger charge is -2.13. The predicted octanol–water partition coefficient (Wildman–Crippen LogP) is 8.61. The zero-order valence-corrected chi connectivity index (χ0v) is 28.9. The van der Waals surface area contributed by atoms with Crippen molar-refractivity contribution in [3.63, 3.8) is 0 Å². The molecule has 0 heterocycles. The lowest BCUT2D eigenvalue weighted by Crippen LogP contribution is -2.04. The van der Waals surface area contributed by atoms with Gasteiger partial charge in [-0.3, -0.25) is 9.11 Å². The quantitative estimate of drug-likeness (QED) is 0.0169. The van der Waals surface area contributed by atoms with Crippen LogP contribution in [-0.2, 0) is 39.0 Å². The summed E-state index contributed by atoms with van der Waals surface area (Å²) >= 11 is 1.11. The van der Waals surface area contributed by atoms with Gasteiger partial charge in [0.1, 0.15) is 10.6 Å². The molecule has 18 nitrogen and oxygen atoms in total. The molecule has 0 bridgehead atoms. The van der Waals surface area contributed by atoms with Crippen molar-refractivity contribution in [2.75, 3.05) is 5.73 Å².